The van der Waals surface area contributed by atoms with Crippen LogP contribution in [0.1, 0.15) is 29.2 Å². The molecule has 0 saturated carbocycles. The number of carbonyl (C=O) groups excluding carboxylic acids is 1. The van der Waals surface area contributed by atoms with Crippen LogP contribution in [0.15, 0.2) is 53.3 Å². The maximum Gasteiger partial charge on any atom is 0.319 e. The highest BCUT2D eigenvalue weighted by Crippen LogP contribution is 2.34. The minimum absolute atomic E-state index is 0.0797. The number of ether oxygens (including phenoxy) is 1. The largest absolute Gasteiger partial charge is 0.493 e. The molecule has 1 aromatic heterocycles. The summed E-state index contributed by atoms with van der Waals surface area (Å²) in [5.74, 6) is 1.39. The van der Waals surface area contributed by atoms with Crippen LogP contribution in [0.2, 0.25) is 0 Å². The second kappa shape index (κ2) is 7.15. The Morgan fingerprint density at radius 2 is 2.07 bits per heavy atom. The van der Waals surface area contributed by atoms with Gasteiger partial charge in [0, 0.05) is 23.2 Å². The van der Waals surface area contributed by atoms with Crippen LogP contribution in [0.5, 0.6) is 5.75 Å². The fourth-order valence-electron chi connectivity index (χ4n) is 3.30. The Labute approximate surface area is 157 Å². The summed E-state index contributed by atoms with van der Waals surface area (Å²) in [5, 5.41) is 6.01. The van der Waals surface area contributed by atoms with Crippen molar-refractivity contribution in [2.24, 2.45) is 0 Å². The second-order valence-electron chi connectivity index (χ2n) is 6.65. The second-order valence-corrected chi connectivity index (χ2v) is 6.65. The SMILES string of the molecule is Cc1ccc(-c2ncco2)cc1NC(=O)N[C@@H]1CCOc2c(C)cccc21. The normalized spacial score (nSPS) is 15.6. The van der Waals surface area contributed by atoms with Gasteiger partial charge in [-0.1, -0.05) is 24.3 Å². The molecule has 0 spiro atoms. The predicted octanol–water partition coefficient (Wildman–Crippen LogP) is 4.60. The third-order valence-electron chi connectivity index (χ3n) is 4.74. The lowest BCUT2D eigenvalue weighted by Gasteiger charge is -2.28. The van der Waals surface area contributed by atoms with Crippen molar-refractivity contribution in [3.05, 3.63) is 65.5 Å². The van der Waals surface area contributed by atoms with Gasteiger partial charge in [0.05, 0.1) is 18.8 Å². The lowest BCUT2D eigenvalue weighted by Crippen LogP contribution is -2.35. The number of anilines is 1. The maximum atomic E-state index is 12.6. The van der Waals surface area contributed by atoms with Gasteiger partial charge >= 0.3 is 6.03 Å². The third kappa shape index (κ3) is 3.51. The molecule has 0 saturated heterocycles. The first kappa shape index (κ1) is 17.1. The van der Waals surface area contributed by atoms with Gasteiger partial charge in [-0.3, -0.25) is 0 Å². The molecule has 138 valence electrons. The number of nitrogens with zero attached hydrogens (tertiary/aromatic N) is 1. The number of oxazole rings is 1. The molecule has 6 heteroatoms. The summed E-state index contributed by atoms with van der Waals surface area (Å²) in [6, 6.07) is 11.4. The number of urea groups is 1. The minimum Gasteiger partial charge on any atom is -0.493 e. The van der Waals surface area contributed by atoms with Crippen molar-refractivity contribution in [3.63, 3.8) is 0 Å². The van der Waals surface area contributed by atoms with Crippen LogP contribution in [0.25, 0.3) is 11.5 Å². The average molecular weight is 363 g/mol. The molecule has 3 aromatic rings. The highest BCUT2D eigenvalue weighted by molar-refractivity contribution is 5.91. The monoisotopic (exact) mass is 363 g/mol. The van der Waals surface area contributed by atoms with E-state index in [0.717, 1.165) is 40.1 Å². The zero-order chi connectivity index (χ0) is 18.8. The molecule has 2 N–H and O–H groups in total. The van der Waals surface area contributed by atoms with Gasteiger partial charge in [-0.2, -0.15) is 0 Å². The van der Waals surface area contributed by atoms with E-state index in [-0.39, 0.29) is 12.1 Å². The van der Waals surface area contributed by atoms with E-state index in [4.69, 9.17) is 9.15 Å². The van der Waals surface area contributed by atoms with Crippen LogP contribution in [0, 0.1) is 13.8 Å². The summed E-state index contributed by atoms with van der Waals surface area (Å²) in [4.78, 5) is 16.8. The van der Waals surface area contributed by atoms with Crippen molar-refractivity contribution < 1.29 is 13.9 Å². The molecule has 27 heavy (non-hydrogen) atoms. The van der Waals surface area contributed by atoms with Crippen molar-refractivity contribution in [1.82, 2.24) is 10.3 Å². The number of para-hydroxylation sites is 1. The van der Waals surface area contributed by atoms with E-state index in [0.29, 0.717) is 12.5 Å². The molecule has 0 radical (unpaired) electrons. The fraction of sp³-hybridized carbons (Fsp3) is 0.238. The molecule has 6 nitrogen and oxygen atoms in total. The summed E-state index contributed by atoms with van der Waals surface area (Å²) in [6.07, 6.45) is 3.86. The molecule has 1 aliphatic heterocycles. The lowest BCUT2D eigenvalue weighted by atomic mass is 9.98. The number of fused-ring (bicyclic) bond motifs is 1. The van der Waals surface area contributed by atoms with Crippen LogP contribution < -0.4 is 15.4 Å². The van der Waals surface area contributed by atoms with Gasteiger partial charge in [0.25, 0.3) is 0 Å². The van der Waals surface area contributed by atoms with E-state index < -0.39 is 0 Å². The summed E-state index contributed by atoms with van der Waals surface area (Å²) >= 11 is 0. The Morgan fingerprint density at radius 1 is 1.19 bits per heavy atom. The van der Waals surface area contributed by atoms with E-state index in [1.54, 1.807) is 6.20 Å². The number of nitrogens with one attached hydrogen (secondary N) is 2. The number of hydrogen-bond acceptors (Lipinski definition) is 4. The Balaban J connectivity index is 1.51. The van der Waals surface area contributed by atoms with Gasteiger partial charge in [-0.25, -0.2) is 9.78 Å². The first-order chi connectivity index (χ1) is 13.1. The van der Waals surface area contributed by atoms with Crippen molar-refractivity contribution >= 4 is 11.7 Å². The Hall–Kier alpha value is -3.28. The Morgan fingerprint density at radius 3 is 2.89 bits per heavy atom. The standard InChI is InChI=1S/C21H21N3O3/c1-13-6-7-15(20-22-9-11-27-20)12-18(13)24-21(25)23-17-8-10-26-19-14(2)4-3-5-16(17)19/h3-7,9,11-12,17H,8,10H2,1-2H3,(H2,23,24,25)/t17-/m1/s1. The van der Waals surface area contributed by atoms with Crippen LogP contribution in [-0.4, -0.2) is 17.6 Å². The average Bonchev–Trinajstić information content (AvgIpc) is 3.19. The number of carbonyl (C=O) groups is 1. The molecular formula is C21H21N3O3. The summed E-state index contributed by atoms with van der Waals surface area (Å²) < 4.78 is 11.1. The third-order valence-corrected chi connectivity index (χ3v) is 4.74. The van der Waals surface area contributed by atoms with Crippen LogP contribution in [-0.2, 0) is 0 Å². The molecule has 1 atom stereocenters. The molecule has 4 rings (SSSR count). The van der Waals surface area contributed by atoms with Gasteiger partial charge < -0.3 is 19.8 Å². The fourth-order valence-corrected chi connectivity index (χ4v) is 3.30. The number of amides is 2. The number of rotatable bonds is 3. The topological polar surface area (TPSA) is 76.4 Å². The number of aromatic nitrogens is 1. The van der Waals surface area contributed by atoms with Crippen LogP contribution in [0.3, 0.4) is 0 Å². The van der Waals surface area contributed by atoms with Gasteiger partial charge in [0.2, 0.25) is 5.89 Å². The van der Waals surface area contributed by atoms with Gasteiger partial charge in [0.1, 0.15) is 12.0 Å². The van der Waals surface area contributed by atoms with Crippen LogP contribution >= 0.6 is 0 Å². The zero-order valence-corrected chi connectivity index (χ0v) is 15.3. The van der Waals surface area contributed by atoms with Crippen LogP contribution in [0.4, 0.5) is 10.5 Å². The predicted molar refractivity (Wildman–Crippen MR) is 103 cm³/mol. The summed E-state index contributed by atoms with van der Waals surface area (Å²) in [6.45, 7) is 4.54. The molecular weight excluding hydrogens is 342 g/mol. The van der Waals surface area contributed by atoms with E-state index in [1.807, 2.05) is 50.2 Å². The highest BCUT2D eigenvalue weighted by Gasteiger charge is 2.24. The smallest absolute Gasteiger partial charge is 0.319 e. The first-order valence-corrected chi connectivity index (χ1v) is 8.92. The molecule has 2 aromatic carbocycles. The molecule has 0 fully saturated rings. The van der Waals surface area contributed by atoms with E-state index in [1.165, 1.54) is 6.26 Å². The maximum absolute atomic E-state index is 12.6. The van der Waals surface area contributed by atoms with Gasteiger partial charge in [0.15, 0.2) is 0 Å². The van der Waals surface area contributed by atoms with Crippen molar-refractivity contribution in [3.8, 4) is 17.2 Å². The van der Waals surface area contributed by atoms with Crippen molar-refractivity contribution in [1.29, 1.82) is 0 Å². The van der Waals surface area contributed by atoms with Gasteiger partial charge in [-0.15, -0.1) is 0 Å². The molecule has 2 heterocycles. The van der Waals surface area contributed by atoms with Crippen molar-refractivity contribution in [2.45, 2.75) is 26.3 Å². The first-order valence-electron chi connectivity index (χ1n) is 8.92. The van der Waals surface area contributed by atoms with Crippen molar-refractivity contribution in [2.75, 3.05) is 11.9 Å². The number of hydrogen-bond donors (Lipinski definition) is 2. The molecule has 0 unspecified atom stereocenters. The Kier molecular flexibility index (Phi) is 4.54. The summed E-state index contributed by atoms with van der Waals surface area (Å²) in [5.41, 5.74) is 4.59. The number of benzene rings is 2. The molecule has 0 bridgehead atoms. The summed E-state index contributed by atoms with van der Waals surface area (Å²) in [7, 11) is 0. The molecule has 2 amide bonds. The van der Waals surface area contributed by atoms with E-state index in [9.17, 15) is 4.79 Å². The number of aryl methyl sites for hydroxylation is 2. The van der Waals surface area contributed by atoms with E-state index in [2.05, 4.69) is 15.6 Å². The minimum atomic E-state index is -0.248. The lowest BCUT2D eigenvalue weighted by molar-refractivity contribution is 0.231. The molecule has 0 aliphatic carbocycles. The molecule has 1 aliphatic rings. The highest BCUT2D eigenvalue weighted by atomic mass is 16.5. The van der Waals surface area contributed by atoms with E-state index >= 15 is 0 Å². The van der Waals surface area contributed by atoms with Gasteiger partial charge in [-0.05, 0) is 37.1 Å². The zero-order valence-electron chi connectivity index (χ0n) is 15.3. The quantitative estimate of drug-likeness (QED) is 0.713. The Bertz CT molecular complexity index is 967.